The van der Waals surface area contributed by atoms with Crippen molar-refractivity contribution >= 4 is 52.4 Å². The second-order valence-corrected chi connectivity index (χ2v) is 6.30. The third-order valence-corrected chi connectivity index (χ3v) is 4.46. The first-order chi connectivity index (χ1) is 12.8. The van der Waals surface area contributed by atoms with E-state index in [0.717, 1.165) is 50.4 Å². The second-order valence-electron chi connectivity index (χ2n) is 6.30. The highest BCUT2D eigenvalue weighted by Gasteiger charge is 2.06. The van der Waals surface area contributed by atoms with Gasteiger partial charge in [0.15, 0.2) is 0 Å². The molecule has 2 aliphatic heterocycles. The Kier molecular flexibility index (Phi) is 3.22. The van der Waals surface area contributed by atoms with Gasteiger partial charge in [-0.25, -0.2) is 9.97 Å². The standard InChI is InChI=1S/C22H16N4/c1-2-20-21-9-7-18(25-21)12-16-5-3-14(23-16)11-15-4-6-17(24-15)13-19-8-10-22(20)26-19/h2-13,23,25H,1H2. The van der Waals surface area contributed by atoms with Crippen molar-refractivity contribution in [2.24, 2.45) is 0 Å². The van der Waals surface area contributed by atoms with Gasteiger partial charge in [-0.15, -0.1) is 0 Å². The summed E-state index contributed by atoms with van der Waals surface area (Å²) >= 11 is 0. The van der Waals surface area contributed by atoms with Crippen LogP contribution in [-0.2, 0) is 0 Å². The normalized spacial score (nSPS) is 12.5. The summed E-state index contributed by atoms with van der Waals surface area (Å²) in [6, 6.07) is 14.3. The van der Waals surface area contributed by atoms with E-state index in [1.54, 1.807) is 0 Å². The first kappa shape index (κ1) is 14.7. The molecule has 0 amide bonds. The molecule has 3 aromatic rings. The molecule has 0 saturated carbocycles. The predicted octanol–water partition coefficient (Wildman–Crippen LogP) is 5.30. The number of fused-ring (bicyclic) bond motifs is 8. The summed E-state index contributed by atoms with van der Waals surface area (Å²) in [5.41, 5.74) is 8.65. The number of hydrogen-bond acceptors (Lipinski definition) is 2. The van der Waals surface area contributed by atoms with E-state index in [4.69, 9.17) is 4.98 Å². The Hall–Kier alpha value is -3.66. The molecule has 0 aromatic carbocycles. The van der Waals surface area contributed by atoms with Gasteiger partial charge in [0.05, 0.1) is 22.8 Å². The van der Waals surface area contributed by atoms with Crippen LogP contribution in [0.3, 0.4) is 0 Å². The quantitative estimate of drug-likeness (QED) is 0.436. The first-order valence-electron chi connectivity index (χ1n) is 8.47. The molecule has 0 aliphatic carbocycles. The minimum Gasteiger partial charge on any atom is -0.355 e. The third kappa shape index (κ3) is 2.58. The van der Waals surface area contributed by atoms with E-state index in [2.05, 4.69) is 51.9 Å². The van der Waals surface area contributed by atoms with Crippen LogP contribution in [0.2, 0.25) is 0 Å². The molecule has 0 radical (unpaired) electrons. The van der Waals surface area contributed by atoms with Crippen LogP contribution in [0.15, 0.2) is 49.0 Å². The second kappa shape index (κ2) is 5.70. The Morgan fingerprint density at radius 2 is 1.35 bits per heavy atom. The molecule has 0 unspecified atom stereocenters. The van der Waals surface area contributed by atoms with Crippen molar-refractivity contribution in [1.29, 1.82) is 0 Å². The number of hydrogen-bond donors (Lipinski definition) is 2. The summed E-state index contributed by atoms with van der Waals surface area (Å²) in [7, 11) is 0. The van der Waals surface area contributed by atoms with E-state index in [-0.39, 0.29) is 0 Å². The molecule has 0 atom stereocenters. The summed E-state index contributed by atoms with van der Waals surface area (Å²) in [6.07, 6.45) is 9.87. The molecule has 26 heavy (non-hydrogen) atoms. The van der Waals surface area contributed by atoms with Gasteiger partial charge in [0.25, 0.3) is 0 Å². The number of nitrogens with one attached hydrogen (secondary N) is 2. The van der Waals surface area contributed by atoms with Gasteiger partial charge >= 0.3 is 0 Å². The van der Waals surface area contributed by atoms with Crippen LogP contribution in [0.25, 0.3) is 52.4 Å². The van der Waals surface area contributed by atoms with Crippen LogP contribution < -0.4 is 0 Å². The molecule has 0 saturated heterocycles. The lowest BCUT2D eigenvalue weighted by Crippen LogP contribution is -1.82. The summed E-state index contributed by atoms with van der Waals surface area (Å²) in [4.78, 5) is 16.2. The Bertz CT molecular complexity index is 1250. The maximum atomic E-state index is 4.72. The van der Waals surface area contributed by atoms with E-state index in [1.165, 1.54) is 0 Å². The van der Waals surface area contributed by atoms with Crippen molar-refractivity contribution < 1.29 is 0 Å². The number of aromatic nitrogens is 4. The van der Waals surface area contributed by atoms with Gasteiger partial charge in [-0.3, -0.25) is 0 Å². The van der Waals surface area contributed by atoms with Gasteiger partial charge in [-0.2, -0.15) is 0 Å². The minimum atomic E-state index is 0.886. The lowest BCUT2D eigenvalue weighted by molar-refractivity contribution is 1.27. The highest BCUT2D eigenvalue weighted by Crippen LogP contribution is 2.21. The van der Waals surface area contributed by atoms with Crippen molar-refractivity contribution in [1.82, 2.24) is 19.9 Å². The smallest absolute Gasteiger partial charge is 0.0730 e. The molecule has 0 spiro atoms. The van der Waals surface area contributed by atoms with Gasteiger partial charge in [0, 0.05) is 27.6 Å². The zero-order valence-electron chi connectivity index (χ0n) is 14.0. The molecule has 0 fully saturated rings. The van der Waals surface area contributed by atoms with Crippen LogP contribution in [0, 0.1) is 0 Å². The molecule has 5 rings (SSSR count). The molecule has 8 bridgehead atoms. The molecular weight excluding hydrogens is 320 g/mol. The average Bonchev–Trinajstić information content (AvgIpc) is 3.39. The van der Waals surface area contributed by atoms with Crippen molar-refractivity contribution in [2.45, 2.75) is 0 Å². The summed E-state index contributed by atoms with van der Waals surface area (Å²) in [5.74, 6) is 0. The number of H-pyrrole nitrogens is 2. The van der Waals surface area contributed by atoms with Gasteiger partial charge in [0.1, 0.15) is 0 Å². The van der Waals surface area contributed by atoms with Crippen LogP contribution in [-0.4, -0.2) is 19.9 Å². The van der Waals surface area contributed by atoms with E-state index in [9.17, 15) is 0 Å². The first-order valence-corrected chi connectivity index (χ1v) is 8.47. The van der Waals surface area contributed by atoms with E-state index < -0.39 is 0 Å². The molecule has 4 nitrogen and oxygen atoms in total. The Morgan fingerprint density at radius 3 is 2.19 bits per heavy atom. The summed E-state index contributed by atoms with van der Waals surface area (Å²) in [5, 5.41) is 0. The molecule has 2 N–H and O–H groups in total. The van der Waals surface area contributed by atoms with Crippen LogP contribution in [0.5, 0.6) is 0 Å². The lowest BCUT2D eigenvalue weighted by Gasteiger charge is -1.94. The van der Waals surface area contributed by atoms with Gasteiger partial charge in [-0.05, 0) is 66.8 Å². The van der Waals surface area contributed by atoms with E-state index >= 15 is 0 Å². The largest absolute Gasteiger partial charge is 0.355 e. The highest BCUT2D eigenvalue weighted by molar-refractivity contribution is 5.83. The van der Waals surface area contributed by atoms with Crippen molar-refractivity contribution in [3.8, 4) is 0 Å². The predicted molar refractivity (Wildman–Crippen MR) is 109 cm³/mol. The zero-order valence-corrected chi connectivity index (χ0v) is 14.0. The van der Waals surface area contributed by atoms with Crippen LogP contribution in [0.4, 0.5) is 0 Å². The summed E-state index contributed by atoms with van der Waals surface area (Å²) in [6.45, 7) is 3.96. The average molecular weight is 336 g/mol. The SMILES string of the molecule is C=Cc1c2nc(cc3nc(cc4ccc(cc5ccc1[nH]5)[nH]4)C=C3)C=C2. The molecule has 2 aliphatic rings. The van der Waals surface area contributed by atoms with Crippen LogP contribution in [0.1, 0.15) is 28.3 Å². The topological polar surface area (TPSA) is 57.4 Å². The summed E-state index contributed by atoms with van der Waals surface area (Å²) < 4.78 is 0. The maximum absolute atomic E-state index is 4.72. The van der Waals surface area contributed by atoms with E-state index in [0.29, 0.717) is 0 Å². The Morgan fingerprint density at radius 1 is 0.692 bits per heavy atom. The molecule has 3 aromatic heterocycles. The van der Waals surface area contributed by atoms with Crippen LogP contribution >= 0.6 is 0 Å². The highest BCUT2D eigenvalue weighted by atomic mass is 14.8. The fourth-order valence-electron chi connectivity index (χ4n) is 3.25. The number of rotatable bonds is 1. The Labute approximate surface area is 150 Å². The monoisotopic (exact) mass is 336 g/mol. The maximum Gasteiger partial charge on any atom is 0.0730 e. The van der Waals surface area contributed by atoms with Gasteiger partial charge in [0.2, 0.25) is 0 Å². The number of aromatic amines is 2. The molecule has 5 heterocycles. The number of nitrogens with zero attached hydrogens (tertiary/aromatic N) is 2. The zero-order chi connectivity index (χ0) is 17.5. The third-order valence-electron chi connectivity index (χ3n) is 4.46. The molecular formula is C22H16N4. The lowest BCUT2D eigenvalue weighted by atomic mass is 10.2. The molecule has 4 heteroatoms. The van der Waals surface area contributed by atoms with Crippen molar-refractivity contribution in [3.05, 3.63) is 77.4 Å². The fourth-order valence-corrected chi connectivity index (χ4v) is 3.25. The molecule has 124 valence electrons. The van der Waals surface area contributed by atoms with Crippen molar-refractivity contribution in [3.63, 3.8) is 0 Å². The van der Waals surface area contributed by atoms with E-state index in [1.807, 2.05) is 42.5 Å². The van der Waals surface area contributed by atoms with Gasteiger partial charge in [-0.1, -0.05) is 12.7 Å². The van der Waals surface area contributed by atoms with Crippen molar-refractivity contribution in [2.75, 3.05) is 0 Å². The van der Waals surface area contributed by atoms with Gasteiger partial charge < -0.3 is 9.97 Å². The fraction of sp³-hybridized carbons (Fsp3) is 0. The Balaban J connectivity index is 1.90. The minimum absolute atomic E-state index is 0.886.